The summed E-state index contributed by atoms with van der Waals surface area (Å²) in [6, 6.07) is 14.1. The molecule has 0 radical (unpaired) electrons. The van der Waals surface area contributed by atoms with E-state index in [1.165, 1.54) is 12.1 Å². The average Bonchev–Trinajstić information content (AvgIpc) is 3.55. The first-order valence-electron chi connectivity index (χ1n) is 13.7. The second kappa shape index (κ2) is 11.0. The van der Waals surface area contributed by atoms with Gasteiger partial charge in [0.1, 0.15) is 5.60 Å². The highest BCUT2D eigenvalue weighted by atomic mass is 19.4. The van der Waals surface area contributed by atoms with Crippen LogP contribution in [0.25, 0.3) is 0 Å². The number of hydrogen-bond acceptors (Lipinski definition) is 5. The van der Waals surface area contributed by atoms with E-state index in [1.54, 1.807) is 0 Å². The van der Waals surface area contributed by atoms with E-state index < -0.39 is 28.7 Å². The quantitative estimate of drug-likeness (QED) is 0.488. The van der Waals surface area contributed by atoms with Crippen LogP contribution in [0.3, 0.4) is 0 Å². The Balaban J connectivity index is 1.17. The first-order valence-corrected chi connectivity index (χ1v) is 13.7. The maximum atomic E-state index is 13.0. The van der Waals surface area contributed by atoms with Gasteiger partial charge in [0, 0.05) is 44.1 Å². The van der Waals surface area contributed by atoms with Crippen molar-refractivity contribution in [1.82, 2.24) is 10.2 Å². The molecule has 2 unspecified atom stereocenters. The minimum atomic E-state index is -4.53. The van der Waals surface area contributed by atoms with Gasteiger partial charge in [-0.2, -0.15) is 13.2 Å². The molecule has 3 aliphatic rings. The molecule has 2 aliphatic heterocycles. The highest BCUT2D eigenvalue weighted by Crippen LogP contribution is 2.42. The maximum absolute atomic E-state index is 13.0. The number of benzene rings is 2. The van der Waals surface area contributed by atoms with Crippen molar-refractivity contribution in [3.05, 3.63) is 71.3 Å². The predicted octanol–water partition coefficient (Wildman–Crippen LogP) is 4.85. The summed E-state index contributed by atoms with van der Waals surface area (Å²) < 4.78 is 45.2. The number of nitrogens with zero attached hydrogens (tertiary/aromatic N) is 1. The van der Waals surface area contributed by atoms with E-state index >= 15 is 0 Å². The number of rotatable bonds is 7. The fourth-order valence-corrected chi connectivity index (χ4v) is 6.48. The lowest BCUT2D eigenvalue weighted by Crippen LogP contribution is -2.51. The number of Topliss-reactive ketones (excluding diaryl/α,β-unsaturated/α-hetero) is 1. The first kappa shape index (κ1) is 27.8. The summed E-state index contributed by atoms with van der Waals surface area (Å²) in [7, 11) is 0. The molecule has 5 rings (SSSR count). The lowest BCUT2D eigenvalue weighted by molar-refractivity contribution is -0.137. The Kier molecular flexibility index (Phi) is 7.86. The molecule has 3 fully saturated rings. The van der Waals surface area contributed by atoms with Gasteiger partial charge in [0.15, 0.2) is 5.78 Å². The minimum Gasteiger partial charge on any atom is -0.385 e. The van der Waals surface area contributed by atoms with Crippen molar-refractivity contribution < 1.29 is 32.6 Å². The number of halogens is 3. The Morgan fingerprint density at radius 1 is 1.03 bits per heavy atom. The predicted molar refractivity (Wildman–Crippen MR) is 139 cm³/mol. The number of aliphatic hydroxyl groups is 1. The van der Waals surface area contributed by atoms with Gasteiger partial charge >= 0.3 is 6.18 Å². The highest BCUT2D eigenvalue weighted by molar-refractivity contribution is 5.98. The van der Waals surface area contributed by atoms with Gasteiger partial charge in [-0.1, -0.05) is 42.5 Å². The van der Waals surface area contributed by atoms with Gasteiger partial charge in [0.25, 0.3) is 0 Å². The monoisotopic (exact) mass is 544 g/mol. The molecule has 39 heavy (non-hydrogen) atoms. The van der Waals surface area contributed by atoms with Gasteiger partial charge in [0.05, 0.1) is 17.2 Å². The van der Waals surface area contributed by atoms with E-state index in [2.05, 4.69) is 10.2 Å². The zero-order valence-electron chi connectivity index (χ0n) is 21.9. The molecular formula is C30H35F3N2O4. The molecule has 2 aromatic rings. The largest absolute Gasteiger partial charge is 0.416 e. The summed E-state index contributed by atoms with van der Waals surface area (Å²) in [5.74, 6) is -0.802. The summed E-state index contributed by atoms with van der Waals surface area (Å²) in [6.45, 7) is 1.96. The van der Waals surface area contributed by atoms with Crippen molar-refractivity contribution in [2.75, 3.05) is 19.7 Å². The van der Waals surface area contributed by atoms with Crippen molar-refractivity contribution >= 4 is 11.7 Å². The molecule has 1 spiro atoms. The molecule has 2 N–H and O–H groups in total. The molecule has 0 bridgehead atoms. The third-order valence-corrected chi connectivity index (χ3v) is 8.69. The summed E-state index contributed by atoms with van der Waals surface area (Å²) >= 11 is 0. The number of carbonyl (C=O) groups is 2. The number of ether oxygens (including phenoxy) is 1. The molecule has 1 aliphatic carbocycles. The van der Waals surface area contributed by atoms with E-state index in [9.17, 15) is 27.9 Å². The van der Waals surface area contributed by atoms with Crippen molar-refractivity contribution in [1.29, 1.82) is 0 Å². The van der Waals surface area contributed by atoms with Crippen LogP contribution < -0.4 is 5.32 Å². The van der Waals surface area contributed by atoms with Crippen LogP contribution in [0, 0.1) is 0 Å². The Labute approximate surface area is 226 Å². The van der Waals surface area contributed by atoms with E-state index in [0.717, 1.165) is 43.4 Å². The van der Waals surface area contributed by atoms with Gasteiger partial charge in [0.2, 0.25) is 5.91 Å². The van der Waals surface area contributed by atoms with Crippen LogP contribution in [0.2, 0.25) is 0 Å². The van der Waals surface area contributed by atoms with Crippen LogP contribution in [0.1, 0.15) is 72.9 Å². The van der Waals surface area contributed by atoms with Crippen molar-refractivity contribution in [2.24, 2.45) is 0 Å². The van der Waals surface area contributed by atoms with E-state index in [4.69, 9.17) is 4.74 Å². The van der Waals surface area contributed by atoms with Gasteiger partial charge in [-0.15, -0.1) is 0 Å². The zero-order chi connectivity index (χ0) is 27.7. The second-order valence-electron chi connectivity index (χ2n) is 11.2. The molecule has 2 aromatic carbocycles. The summed E-state index contributed by atoms with van der Waals surface area (Å²) in [6.07, 6.45) is -0.0445. The van der Waals surface area contributed by atoms with Crippen molar-refractivity contribution in [3.8, 4) is 0 Å². The average molecular weight is 545 g/mol. The van der Waals surface area contributed by atoms with Crippen LogP contribution in [0.4, 0.5) is 13.2 Å². The Morgan fingerprint density at radius 2 is 1.77 bits per heavy atom. The summed E-state index contributed by atoms with van der Waals surface area (Å²) in [4.78, 5) is 27.8. The number of carbonyl (C=O) groups excluding carboxylic acids is 2. The van der Waals surface area contributed by atoms with E-state index in [0.29, 0.717) is 32.5 Å². The topological polar surface area (TPSA) is 78.9 Å². The molecule has 0 aromatic heterocycles. The lowest BCUT2D eigenvalue weighted by atomic mass is 9.77. The Bertz CT molecular complexity index is 1170. The number of alkyl halides is 3. The van der Waals surface area contributed by atoms with Gasteiger partial charge in [-0.05, 0) is 56.2 Å². The molecule has 1 saturated carbocycles. The number of likely N-dealkylation sites (tertiary alicyclic amines) is 1. The molecule has 1 amide bonds. The zero-order valence-corrected chi connectivity index (χ0v) is 21.9. The van der Waals surface area contributed by atoms with E-state index in [-0.39, 0.29) is 36.4 Å². The summed E-state index contributed by atoms with van der Waals surface area (Å²) in [5, 5.41) is 14.3. The number of hydrogen-bond donors (Lipinski definition) is 2. The standard InChI is InChI=1S/C30H35F3N2O4/c31-30(32,33)23-9-4-6-21(18-23)25(36)10-11-27(37)34-26-19-35(20-29(26)14-5-17-39-29)24-12-15-28(38,16-13-24)22-7-2-1-3-8-22/h1-4,6-9,18,24,26,38H,5,10-17,19-20H2,(H,34,37). The fraction of sp³-hybridized carbons (Fsp3) is 0.533. The third kappa shape index (κ3) is 6.05. The first-order chi connectivity index (χ1) is 18.6. The normalized spacial score (nSPS) is 29.5. The van der Waals surface area contributed by atoms with E-state index in [1.807, 2.05) is 30.3 Å². The Morgan fingerprint density at radius 3 is 2.44 bits per heavy atom. The minimum absolute atomic E-state index is 0.0481. The number of nitrogens with one attached hydrogen (secondary N) is 1. The fourth-order valence-electron chi connectivity index (χ4n) is 6.48. The number of amides is 1. The van der Waals surface area contributed by atoms with Crippen molar-refractivity contribution in [3.63, 3.8) is 0 Å². The molecule has 2 atom stereocenters. The van der Waals surface area contributed by atoms with Gasteiger partial charge in [-0.25, -0.2) is 0 Å². The van der Waals surface area contributed by atoms with Crippen LogP contribution in [0.5, 0.6) is 0 Å². The smallest absolute Gasteiger partial charge is 0.385 e. The summed E-state index contributed by atoms with van der Waals surface area (Å²) in [5.41, 5.74) is -1.28. The van der Waals surface area contributed by atoms with Crippen LogP contribution >= 0.6 is 0 Å². The maximum Gasteiger partial charge on any atom is 0.416 e. The van der Waals surface area contributed by atoms with Crippen molar-refractivity contribution in [2.45, 2.75) is 80.8 Å². The second-order valence-corrected chi connectivity index (χ2v) is 11.2. The SMILES string of the molecule is O=C(CCC(=O)c1cccc(C(F)(F)F)c1)NC1CN(C2CCC(O)(c3ccccc3)CC2)CC12CCCO2. The Hall–Kier alpha value is -2.75. The molecule has 2 saturated heterocycles. The molecule has 6 nitrogen and oxygen atoms in total. The van der Waals surface area contributed by atoms with Crippen LogP contribution in [0.15, 0.2) is 54.6 Å². The third-order valence-electron chi connectivity index (χ3n) is 8.69. The van der Waals surface area contributed by atoms with Crippen LogP contribution in [-0.2, 0) is 21.3 Å². The van der Waals surface area contributed by atoms with Gasteiger partial charge < -0.3 is 15.2 Å². The molecule has 2 heterocycles. The molecule has 9 heteroatoms. The van der Waals surface area contributed by atoms with Gasteiger partial charge in [-0.3, -0.25) is 14.5 Å². The highest BCUT2D eigenvalue weighted by Gasteiger charge is 2.52. The molecular weight excluding hydrogens is 509 g/mol. The molecule has 210 valence electrons. The lowest BCUT2D eigenvalue weighted by Gasteiger charge is -2.40. The van der Waals surface area contributed by atoms with Crippen LogP contribution in [-0.4, -0.2) is 59.1 Å². The number of ketones is 1.